The smallest absolute Gasteiger partial charge is 0.190 e. The van der Waals surface area contributed by atoms with E-state index in [1.807, 2.05) is 6.07 Å². The number of hydrogen-bond acceptors (Lipinski definition) is 6. The van der Waals surface area contributed by atoms with Crippen molar-refractivity contribution in [2.75, 3.05) is 5.73 Å². The van der Waals surface area contributed by atoms with E-state index in [2.05, 4.69) is 20.4 Å². The average molecular weight is 230 g/mol. The van der Waals surface area contributed by atoms with Crippen LogP contribution in [0.4, 0.5) is 17.3 Å². The highest BCUT2D eigenvalue weighted by atomic mass is 15.3. The minimum atomic E-state index is 0.360. The predicted molar refractivity (Wildman–Crippen MR) is 59.7 cm³/mol. The Morgan fingerprint density at radius 3 is 2.53 bits per heavy atom. The zero-order valence-corrected chi connectivity index (χ0v) is 9.36. The molecule has 2 heterocycles. The zero-order valence-electron chi connectivity index (χ0n) is 9.36. The largest absolute Gasteiger partial charge is 0.382 e. The second kappa shape index (κ2) is 4.05. The third kappa shape index (κ3) is 1.85. The number of aryl methyl sites for hydroxylation is 2. The van der Waals surface area contributed by atoms with E-state index in [0.717, 1.165) is 0 Å². The maximum Gasteiger partial charge on any atom is 0.190 e. The summed E-state index contributed by atoms with van der Waals surface area (Å²) >= 11 is 0. The minimum absolute atomic E-state index is 0.360. The highest BCUT2D eigenvalue weighted by Crippen LogP contribution is 2.24. The number of nitrogen functional groups attached to an aromatic ring is 1. The highest BCUT2D eigenvalue weighted by Gasteiger charge is 2.08. The number of azo groups is 1. The Bertz CT molecular complexity index is 611. The van der Waals surface area contributed by atoms with Gasteiger partial charge in [-0.25, -0.2) is 4.68 Å². The second-order valence-corrected chi connectivity index (χ2v) is 3.36. The number of rotatable bonds is 2. The van der Waals surface area contributed by atoms with Crippen molar-refractivity contribution >= 4 is 17.3 Å². The van der Waals surface area contributed by atoms with Gasteiger partial charge in [-0.05, 0) is 0 Å². The molecule has 2 aromatic heterocycles. The van der Waals surface area contributed by atoms with Gasteiger partial charge in [0.25, 0.3) is 0 Å². The van der Waals surface area contributed by atoms with Crippen LogP contribution < -0.4 is 5.73 Å². The molecule has 0 aliphatic carbocycles. The van der Waals surface area contributed by atoms with E-state index in [-0.39, 0.29) is 0 Å². The van der Waals surface area contributed by atoms with E-state index in [4.69, 9.17) is 11.0 Å². The van der Waals surface area contributed by atoms with E-state index in [9.17, 15) is 0 Å². The molecule has 0 spiro atoms. The molecule has 2 aromatic rings. The topological polar surface area (TPSA) is 110 Å². The molecule has 0 saturated heterocycles. The van der Waals surface area contributed by atoms with Gasteiger partial charge in [0, 0.05) is 14.1 Å². The van der Waals surface area contributed by atoms with Crippen molar-refractivity contribution in [3.8, 4) is 6.07 Å². The fraction of sp³-hybridized carbons (Fsp3) is 0.222. The van der Waals surface area contributed by atoms with Crippen molar-refractivity contribution in [1.29, 1.82) is 5.26 Å². The maximum absolute atomic E-state index is 8.84. The quantitative estimate of drug-likeness (QED) is 0.776. The van der Waals surface area contributed by atoms with Crippen LogP contribution in [0.2, 0.25) is 0 Å². The molecule has 2 rings (SSSR count). The summed E-state index contributed by atoms with van der Waals surface area (Å²) in [5.74, 6) is 0.796. The number of nitrogens with two attached hydrogens (primary N) is 1. The van der Waals surface area contributed by atoms with Gasteiger partial charge >= 0.3 is 0 Å². The lowest BCUT2D eigenvalue weighted by Gasteiger charge is -1.94. The number of hydrogen-bond donors (Lipinski definition) is 1. The average Bonchev–Trinajstić information content (AvgIpc) is 2.83. The number of anilines is 1. The molecule has 0 aliphatic heterocycles. The first kappa shape index (κ1) is 10.8. The second-order valence-electron chi connectivity index (χ2n) is 3.36. The van der Waals surface area contributed by atoms with E-state index in [1.54, 1.807) is 14.1 Å². The number of nitrogens with zero attached hydrogens (tertiary/aromatic N) is 7. The van der Waals surface area contributed by atoms with Crippen LogP contribution in [-0.2, 0) is 14.1 Å². The molecular weight excluding hydrogens is 220 g/mol. The van der Waals surface area contributed by atoms with Gasteiger partial charge in [-0.1, -0.05) is 0 Å². The Balaban J connectivity index is 2.36. The van der Waals surface area contributed by atoms with Gasteiger partial charge in [0.05, 0.1) is 12.4 Å². The summed E-state index contributed by atoms with van der Waals surface area (Å²) in [5.41, 5.74) is 6.53. The summed E-state index contributed by atoms with van der Waals surface area (Å²) in [7, 11) is 3.39. The Kier molecular flexibility index (Phi) is 2.58. The third-order valence-electron chi connectivity index (χ3n) is 2.24. The van der Waals surface area contributed by atoms with Gasteiger partial charge in [0.2, 0.25) is 0 Å². The Hall–Kier alpha value is -2.69. The van der Waals surface area contributed by atoms with Crippen LogP contribution in [0.5, 0.6) is 0 Å². The first-order valence-corrected chi connectivity index (χ1v) is 4.74. The standard InChI is InChI=1S/C9H10N8/c1-16-8(11)7(5-13-16)14-15-9-6(3-10)4-12-17(9)2/h4-5H,11H2,1-2H3. The van der Waals surface area contributed by atoms with Crippen molar-refractivity contribution in [2.24, 2.45) is 24.3 Å². The van der Waals surface area contributed by atoms with Crippen molar-refractivity contribution in [2.45, 2.75) is 0 Å². The highest BCUT2D eigenvalue weighted by molar-refractivity contribution is 5.56. The molecule has 0 saturated carbocycles. The molecule has 0 amide bonds. The fourth-order valence-electron chi connectivity index (χ4n) is 1.24. The van der Waals surface area contributed by atoms with E-state index in [0.29, 0.717) is 22.9 Å². The fourth-order valence-corrected chi connectivity index (χ4v) is 1.24. The summed E-state index contributed by atoms with van der Waals surface area (Å²) in [6.07, 6.45) is 2.93. The van der Waals surface area contributed by atoms with Crippen LogP contribution in [0, 0.1) is 11.3 Å². The molecule has 17 heavy (non-hydrogen) atoms. The predicted octanol–water partition coefficient (Wildman–Crippen LogP) is 1.02. The van der Waals surface area contributed by atoms with Crippen molar-refractivity contribution in [3.63, 3.8) is 0 Å². The molecule has 0 aromatic carbocycles. The molecule has 86 valence electrons. The van der Waals surface area contributed by atoms with Crippen LogP contribution in [0.1, 0.15) is 5.56 Å². The maximum atomic E-state index is 8.84. The molecule has 8 heteroatoms. The number of nitriles is 1. The van der Waals surface area contributed by atoms with Crippen molar-refractivity contribution < 1.29 is 0 Å². The van der Waals surface area contributed by atoms with Gasteiger partial charge in [0.1, 0.15) is 23.1 Å². The lowest BCUT2D eigenvalue weighted by molar-refractivity contribution is 0.764. The number of aromatic nitrogens is 4. The first-order chi connectivity index (χ1) is 8.13. The SMILES string of the molecule is Cn1ncc(N=Nc2c(C#N)cnn2C)c1N. The van der Waals surface area contributed by atoms with Crippen LogP contribution in [0.3, 0.4) is 0 Å². The molecule has 0 radical (unpaired) electrons. The van der Waals surface area contributed by atoms with Crippen LogP contribution >= 0.6 is 0 Å². The van der Waals surface area contributed by atoms with Gasteiger partial charge in [0.15, 0.2) is 5.82 Å². The van der Waals surface area contributed by atoms with E-state index < -0.39 is 0 Å². The van der Waals surface area contributed by atoms with Gasteiger partial charge in [-0.3, -0.25) is 4.68 Å². The lowest BCUT2D eigenvalue weighted by Crippen LogP contribution is -1.96. The molecule has 8 nitrogen and oxygen atoms in total. The summed E-state index contributed by atoms with van der Waals surface area (Å²) in [4.78, 5) is 0. The third-order valence-corrected chi connectivity index (χ3v) is 2.24. The molecule has 0 atom stereocenters. The monoisotopic (exact) mass is 230 g/mol. The molecule has 0 fully saturated rings. The molecule has 0 bridgehead atoms. The zero-order chi connectivity index (χ0) is 12.4. The van der Waals surface area contributed by atoms with E-state index in [1.165, 1.54) is 21.8 Å². The van der Waals surface area contributed by atoms with Crippen LogP contribution in [-0.4, -0.2) is 19.6 Å². The van der Waals surface area contributed by atoms with Crippen LogP contribution in [0.15, 0.2) is 22.6 Å². The Morgan fingerprint density at radius 2 is 1.94 bits per heavy atom. The van der Waals surface area contributed by atoms with Crippen molar-refractivity contribution in [1.82, 2.24) is 19.6 Å². The molecule has 0 aliphatic rings. The lowest BCUT2D eigenvalue weighted by atomic mass is 10.4. The Labute approximate surface area is 97.0 Å². The Morgan fingerprint density at radius 1 is 1.24 bits per heavy atom. The molecule has 2 N–H and O–H groups in total. The minimum Gasteiger partial charge on any atom is -0.382 e. The van der Waals surface area contributed by atoms with Crippen molar-refractivity contribution in [3.05, 3.63) is 18.0 Å². The summed E-state index contributed by atoms with van der Waals surface area (Å²) < 4.78 is 2.96. The van der Waals surface area contributed by atoms with Gasteiger partial charge < -0.3 is 5.73 Å². The summed E-state index contributed by atoms with van der Waals surface area (Å²) in [5, 5.41) is 24.6. The van der Waals surface area contributed by atoms with Gasteiger partial charge in [-0.2, -0.15) is 15.5 Å². The summed E-state index contributed by atoms with van der Waals surface area (Å²) in [6, 6.07) is 1.98. The first-order valence-electron chi connectivity index (χ1n) is 4.74. The van der Waals surface area contributed by atoms with E-state index >= 15 is 0 Å². The molecule has 0 unspecified atom stereocenters. The summed E-state index contributed by atoms with van der Waals surface area (Å²) in [6.45, 7) is 0. The van der Waals surface area contributed by atoms with Gasteiger partial charge in [-0.15, -0.1) is 10.2 Å². The molecular formula is C9H10N8. The normalized spacial score (nSPS) is 10.9. The van der Waals surface area contributed by atoms with Crippen LogP contribution in [0.25, 0.3) is 0 Å².